The van der Waals surface area contributed by atoms with Crippen molar-refractivity contribution in [1.29, 1.82) is 0 Å². The first-order chi connectivity index (χ1) is 21.9. The molecule has 0 aromatic heterocycles. The number of urea groups is 1. The second-order valence-electron chi connectivity index (χ2n) is 10.7. The number of aliphatic imine (C=N–C) groups is 3. The summed E-state index contributed by atoms with van der Waals surface area (Å²) in [7, 11) is 2.93. The highest BCUT2D eigenvalue weighted by Gasteiger charge is 2.41. The quantitative estimate of drug-likeness (QED) is 0.124. The van der Waals surface area contributed by atoms with Crippen LogP contribution >= 0.6 is 0 Å². The van der Waals surface area contributed by atoms with Crippen molar-refractivity contribution in [3.8, 4) is 11.5 Å². The van der Waals surface area contributed by atoms with Crippen LogP contribution in [-0.4, -0.2) is 74.0 Å². The van der Waals surface area contributed by atoms with Crippen LogP contribution in [0.2, 0.25) is 0 Å². The average Bonchev–Trinajstić information content (AvgIpc) is 3.51. The van der Waals surface area contributed by atoms with Gasteiger partial charge >= 0.3 is 6.03 Å². The summed E-state index contributed by atoms with van der Waals surface area (Å²) in [5.41, 5.74) is 5.33. The van der Waals surface area contributed by atoms with Gasteiger partial charge in [0.05, 0.1) is 17.2 Å². The van der Waals surface area contributed by atoms with E-state index in [0.29, 0.717) is 19.5 Å². The number of halogens is 5. The maximum Gasteiger partial charge on any atom is 0.317 e. The number of amidine groups is 1. The number of nitrogens with zero attached hydrogens (tertiary/aromatic N) is 4. The summed E-state index contributed by atoms with van der Waals surface area (Å²) in [6, 6.07) is 2.94. The molecule has 2 aromatic rings. The highest BCUT2D eigenvalue weighted by atomic mass is 19.2. The Hall–Kier alpha value is -5.08. The fourth-order valence-electron chi connectivity index (χ4n) is 5.12. The molecule has 2 aromatic carbocycles. The summed E-state index contributed by atoms with van der Waals surface area (Å²) >= 11 is 0. The monoisotopic (exact) mass is 645 g/mol. The number of amides is 3. The van der Waals surface area contributed by atoms with E-state index in [-0.39, 0.29) is 47.6 Å². The third kappa shape index (κ3) is 7.41. The van der Waals surface area contributed by atoms with E-state index in [1.165, 1.54) is 32.6 Å². The molecule has 2 aliphatic heterocycles. The second kappa shape index (κ2) is 14.3. The number of benzene rings is 2. The van der Waals surface area contributed by atoms with Gasteiger partial charge in [0.1, 0.15) is 23.7 Å². The van der Waals surface area contributed by atoms with Gasteiger partial charge in [-0.1, -0.05) is 18.2 Å². The Morgan fingerprint density at radius 1 is 1.15 bits per heavy atom. The van der Waals surface area contributed by atoms with Crippen molar-refractivity contribution < 1.29 is 36.3 Å². The summed E-state index contributed by atoms with van der Waals surface area (Å²) < 4.78 is 75.9. The molecule has 2 aliphatic rings. The van der Waals surface area contributed by atoms with E-state index in [4.69, 9.17) is 10.5 Å². The molecule has 46 heavy (non-hydrogen) atoms. The molecule has 3 amide bonds. The number of carbonyl (C=O) groups is 2. The first-order valence-electron chi connectivity index (χ1n) is 14.1. The van der Waals surface area contributed by atoms with Crippen LogP contribution in [0.25, 0.3) is 0 Å². The molecule has 4 N–H and O–H groups in total. The molecule has 0 radical (unpaired) electrons. The minimum atomic E-state index is -1.77. The van der Waals surface area contributed by atoms with Crippen molar-refractivity contribution in [2.45, 2.75) is 18.9 Å². The lowest BCUT2D eigenvalue weighted by atomic mass is 9.77. The first kappa shape index (κ1) is 33.8. The van der Waals surface area contributed by atoms with Crippen molar-refractivity contribution in [2.24, 2.45) is 32.5 Å². The predicted molar refractivity (Wildman–Crippen MR) is 163 cm³/mol. The maximum atomic E-state index is 15.5. The first-order valence-corrected chi connectivity index (χ1v) is 14.1. The molecule has 3 unspecified atom stereocenters. The van der Waals surface area contributed by atoms with Gasteiger partial charge in [-0.25, -0.2) is 23.0 Å². The van der Waals surface area contributed by atoms with Crippen LogP contribution in [0.4, 0.5) is 26.7 Å². The largest absolute Gasteiger partial charge is 0.451 e. The number of likely N-dealkylation sites (tertiary alicyclic amines) is 1. The minimum Gasteiger partial charge on any atom is -0.451 e. The molecule has 244 valence electrons. The van der Waals surface area contributed by atoms with Crippen molar-refractivity contribution >= 4 is 29.8 Å². The van der Waals surface area contributed by atoms with Crippen molar-refractivity contribution in [3.63, 3.8) is 0 Å². The Balaban J connectivity index is 1.50. The molecule has 1 fully saturated rings. The third-order valence-electron chi connectivity index (χ3n) is 7.55. The van der Waals surface area contributed by atoms with E-state index in [1.54, 1.807) is 24.0 Å². The molecule has 1 saturated heterocycles. The van der Waals surface area contributed by atoms with Gasteiger partial charge in [0.25, 0.3) is 0 Å². The van der Waals surface area contributed by atoms with Crippen LogP contribution in [0.5, 0.6) is 11.5 Å². The van der Waals surface area contributed by atoms with Crippen LogP contribution in [0.1, 0.15) is 18.9 Å². The number of hydrogen-bond donors (Lipinski definition) is 3. The molecule has 4 rings (SSSR count). The van der Waals surface area contributed by atoms with Crippen molar-refractivity contribution in [1.82, 2.24) is 15.5 Å². The van der Waals surface area contributed by atoms with Gasteiger partial charge in [-0.3, -0.25) is 14.8 Å². The van der Waals surface area contributed by atoms with E-state index in [0.717, 1.165) is 12.1 Å². The van der Waals surface area contributed by atoms with Gasteiger partial charge in [0.2, 0.25) is 23.3 Å². The Labute approximate surface area is 261 Å². The standard InChI is InChI=1S/C31H32F5N7O3/c1-31(10-8-17-9-12-43(15-17)30(45)40-11-4-5-23(44)38-2)24(29(37)41-16-42-31)27(39-3)19-7-6-18(13-20(19)32)46-28-25(35)21(33)14-22(34)26(28)36/h4-8,10,13-14,16-17,24H,9,11-12,15H2,1-3H3,(H,38,44)(H,40,45)(H2,37,41,42)/b5-4+,10-8-,39-27?. The lowest BCUT2D eigenvalue weighted by Gasteiger charge is -2.34. The summed E-state index contributed by atoms with van der Waals surface area (Å²) in [4.78, 5) is 38.4. The fraction of sp³-hybridized carbons (Fsp3) is 0.323. The van der Waals surface area contributed by atoms with Crippen LogP contribution in [0.15, 0.2) is 63.5 Å². The zero-order chi connectivity index (χ0) is 33.6. The van der Waals surface area contributed by atoms with Crippen LogP contribution in [-0.2, 0) is 4.79 Å². The zero-order valence-electron chi connectivity index (χ0n) is 25.2. The smallest absolute Gasteiger partial charge is 0.317 e. The summed E-state index contributed by atoms with van der Waals surface area (Å²) in [6.07, 6.45) is 8.54. The molecule has 0 spiro atoms. The highest BCUT2D eigenvalue weighted by molar-refractivity contribution is 6.17. The Morgan fingerprint density at radius 2 is 1.87 bits per heavy atom. The third-order valence-corrected chi connectivity index (χ3v) is 7.55. The number of carbonyl (C=O) groups excluding carboxylic acids is 2. The van der Waals surface area contributed by atoms with Crippen LogP contribution < -0.4 is 21.1 Å². The molecular formula is C31H32F5N7O3. The van der Waals surface area contributed by atoms with Gasteiger partial charge in [0, 0.05) is 57.5 Å². The van der Waals surface area contributed by atoms with Gasteiger partial charge in [-0.05, 0) is 31.4 Å². The van der Waals surface area contributed by atoms with Crippen LogP contribution in [0, 0.1) is 40.9 Å². The van der Waals surface area contributed by atoms with Gasteiger partial charge in [-0.15, -0.1) is 0 Å². The van der Waals surface area contributed by atoms with E-state index < -0.39 is 52.0 Å². The molecule has 0 aliphatic carbocycles. The SMILES string of the molecule is CN=C(c1ccc(Oc2c(F)c(F)cc(F)c2F)cc1F)C1C(N)=NC=NC1(C)/C=C\C1CCN(C(=O)NC/C=C/C(=O)NC)C1. The number of rotatable bonds is 9. The number of hydrogen-bond acceptors (Lipinski definition) is 7. The van der Waals surface area contributed by atoms with Crippen molar-refractivity contribution in [3.05, 3.63) is 83.2 Å². The summed E-state index contributed by atoms with van der Waals surface area (Å²) in [5.74, 6) is -10.7. The van der Waals surface area contributed by atoms with Crippen molar-refractivity contribution in [2.75, 3.05) is 33.7 Å². The van der Waals surface area contributed by atoms with E-state index in [9.17, 15) is 27.2 Å². The lowest BCUT2D eigenvalue weighted by molar-refractivity contribution is -0.116. The molecular weight excluding hydrogens is 613 g/mol. The minimum absolute atomic E-state index is 0.0245. The summed E-state index contributed by atoms with van der Waals surface area (Å²) in [5, 5.41) is 5.18. The molecule has 2 heterocycles. The predicted octanol–water partition coefficient (Wildman–Crippen LogP) is 4.26. The zero-order valence-corrected chi connectivity index (χ0v) is 25.2. The molecule has 0 saturated carbocycles. The van der Waals surface area contributed by atoms with Gasteiger partial charge in [0.15, 0.2) is 11.6 Å². The van der Waals surface area contributed by atoms with E-state index in [1.807, 2.05) is 6.08 Å². The molecule has 15 heteroatoms. The Morgan fingerprint density at radius 3 is 2.52 bits per heavy atom. The fourth-order valence-corrected chi connectivity index (χ4v) is 5.12. The van der Waals surface area contributed by atoms with Gasteiger partial charge < -0.3 is 26.0 Å². The molecule has 10 nitrogen and oxygen atoms in total. The second-order valence-corrected chi connectivity index (χ2v) is 10.7. The van der Waals surface area contributed by atoms with Crippen LogP contribution in [0.3, 0.4) is 0 Å². The normalized spacial score (nSPS) is 21.6. The average molecular weight is 646 g/mol. The van der Waals surface area contributed by atoms with Gasteiger partial charge in [-0.2, -0.15) is 8.78 Å². The molecule has 0 bridgehead atoms. The number of nitrogens with one attached hydrogen (secondary N) is 2. The Kier molecular flexibility index (Phi) is 10.5. The Bertz CT molecular complexity index is 1630. The number of likely N-dealkylation sites (N-methyl/N-ethyl adjacent to an activating group) is 1. The lowest BCUT2D eigenvalue weighted by Crippen LogP contribution is -2.48. The number of ether oxygens (including phenoxy) is 1. The maximum absolute atomic E-state index is 15.5. The number of nitrogens with two attached hydrogens (primary N) is 1. The van der Waals surface area contributed by atoms with E-state index >= 15 is 4.39 Å². The summed E-state index contributed by atoms with van der Waals surface area (Å²) in [6.45, 7) is 2.88. The van der Waals surface area contributed by atoms with E-state index in [2.05, 4.69) is 25.6 Å². The molecule has 3 atom stereocenters. The highest BCUT2D eigenvalue weighted by Crippen LogP contribution is 2.35. The topological polar surface area (TPSA) is 134 Å².